The minimum Gasteiger partial charge on any atom is -0.327 e. The van der Waals surface area contributed by atoms with Gasteiger partial charge in [-0.15, -0.1) is 0 Å². The molecule has 2 N–H and O–H groups in total. The van der Waals surface area contributed by atoms with Crippen LogP contribution in [0.15, 0.2) is 30.3 Å². The lowest BCUT2D eigenvalue weighted by Crippen LogP contribution is -2.39. The zero-order chi connectivity index (χ0) is 11.5. The largest absolute Gasteiger partial charge is 0.327 e. The molecule has 0 radical (unpaired) electrons. The summed E-state index contributed by atoms with van der Waals surface area (Å²) in [6.07, 6.45) is 2.97. The molecule has 2 unspecified atom stereocenters. The average Bonchev–Trinajstić information content (AvgIpc) is 2.75. The molecule has 0 spiro atoms. The Bertz CT molecular complexity index is 363. The van der Waals surface area contributed by atoms with Gasteiger partial charge in [-0.2, -0.15) is 0 Å². The van der Waals surface area contributed by atoms with Crippen LogP contribution in [0.25, 0.3) is 0 Å². The van der Waals surface area contributed by atoms with Gasteiger partial charge in [-0.25, -0.2) is 0 Å². The van der Waals surface area contributed by atoms with E-state index in [1.165, 1.54) is 0 Å². The van der Waals surface area contributed by atoms with Gasteiger partial charge in [-0.3, -0.25) is 4.79 Å². The number of anilines is 1. The maximum Gasteiger partial charge on any atom is 0.231 e. The van der Waals surface area contributed by atoms with Crippen LogP contribution in [0, 0.1) is 5.92 Å². The van der Waals surface area contributed by atoms with E-state index in [4.69, 9.17) is 5.73 Å². The van der Waals surface area contributed by atoms with E-state index in [0.717, 1.165) is 24.9 Å². The highest BCUT2D eigenvalue weighted by Crippen LogP contribution is 2.27. The van der Waals surface area contributed by atoms with E-state index >= 15 is 0 Å². The Morgan fingerprint density at radius 1 is 1.31 bits per heavy atom. The molecule has 1 fully saturated rings. The predicted octanol–water partition coefficient (Wildman–Crippen LogP) is 1.78. The number of hydrogen-bond acceptors (Lipinski definition) is 2. The van der Waals surface area contributed by atoms with Gasteiger partial charge in [0.15, 0.2) is 0 Å². The molecule has 2 atom stereocenters. The van der Waals surface area contributed by atoms with Gasteiger partial charge in [-0.05, 0) is 25.0 Å². The summed E-state index contributed by atoms with van der Waals surface area (Å²) < 4.78 is 0. The van der Waals surface area contributed by atoms with Crippen molar-refractivity contribution in [2.45, 2.75) is 25.3 Å². The first-order chi connectivity index (χ1) is 7.70. The lowest BCUT2D eigenvalue weighted by atomic mass is 10.0. The Hall–Kier alpha value is -1.35. The standard InChI is InChI=1S/C13H18N2O/c1-15(10-6-3-2-4-7-10)13(16)11-8-5-9-12(11)14/h2-4,6-7,11-12H,5,8-9,14H2,1H3. The third-order valence-electron chi connectivity index (χ3n) is 3.36. The highest BCUT2D eigenvalue weighted by molar-refractivity contribution is 5.95. The van der Waals surface area contributed by atoms with Crippen LogP contribution in [0.5, 0.6) is 0 Å². The monoisotopic (exact) mass is 218 g/mol. The fraction of sp³-hybridized carbons (Fsp3) is 0.462. The normalized spacial score (nSPS) is 24.4. The van der Waals surface area contributed by atoms with Gasteiger partial charge in [0.05, 0.1) is 5.92 Å². The second-order valence-electron chi connectivity index (χ2n) is 4.43. The number of nitrogens with zero attached hydrogens (tertiary/aromatic N) is 1. The Morgan fingerprint density at radius 3 is 2.56 bits per heavy atom. The lowest BCUT2D eigenvalue weighted by molar-refractivity contribution is -0.122. The van der Waals surface area contributed by atoms with Crippen molar-refractivity contribution in [3.63, 3.8) is 0 Å². The van der Waals surface area contributed by atoms with Gasteiger partial charge in [0.1, 0.15) is 0 Å². The van der Waals surface area contributed by atoms with Gasteiger partial charge in [0, 0.05) is 18.8 Å². The molecule has 16 heavy (non-hydrogen) atoms. The molecule has 1 aromatic rings. The average molecular weight is 218 g/mol. The van der Waals surface area contributed by atoms with Gasteiger partial charge in [0.2, 0.25) is 5.91 Å². The van der Waals surface area contributed by atoms with E-state index in [1.807, 2.05) is 37.4 Å². The van der Waals surface area contributed by atoms with Crippen molar-refractivity contribution in [3.05, 3.63) is 30.3 Å². The summed E-state index contributed by atoms with van der Waals surface area (Å²) in [5.41, 5.74) is 6.88. The molecular formula is C13H18N2O. The van der Waals surface area contributed by atoms with Crippen LogP contribution in [0.4, 0.5) is 5.69 Å². The van der Waals surface area contributed by atoms with Gasteiger partial charge < -0.3 is 10.6 Å². The van der Waals surface area contributed by atoms with Crippen LogP contribution in [-0.2, 0) is 4.79 Å². The quantitative estimate of drug-likeness (QED) is 0.822. The number of carbonyl (C=O) groups excluding carboxylic acids is 1. The molecule has 0 aliphatic heterocycles. The summed E-state index contributed by atoms with van der Waals surface area (Å²) in [6, 6.07) is 9.75. The van der Waals surface area contributed by atoms with Crippen LogP contribution in [0.1, 0.15) is 19.3 Å². The SMILES string of the molecule is CN(C(=O)C1CCCC1N)c1ccccc1. The summed E-state index contributed by atoms with van der Waals surface area (Å²) >= 11 is 0. The number of benzene rings is 1. The highest BCUT2D eigenvalue weighted by Gasteiger charge is 2.32. The molecule has 0 heterocycles. The van der Waals surface area contributed by atoms with Crippen molar-refractivity contribution in [2.75, 3.05) is 11.9 Å². The van der Waals surface area contributed by atoms with Crippen molar-refractivity contribution in [1.82, 2.24) is 0 Å². The lowest BCUT2D eigenvalue weighted by Gasteiger charge is -2.23. The first kappa shape index (κ1) is 11.1. The Kier molecular flexibility index (Phi) is 3.25. The van der Waals surface area contributed by atoms with Crippen LogP contribution < -0.4 is 10.6 Å². The molecule has 2 rings (SSSR count). The minimum absolute atomic E-state index is 0.00482. The first-order valence-electron chi connectivity index (χ1n) is 5.78. The van der Waals surface area contributed by atoms with E-state index in [9.17, 15) is 4.79 Å². The predicted molar refractivity (Wildman–Crippen MR) is 65.2 cm³/mol. The third kappa shape index (κ3) is 2.09. The third-order valence-corrected chi connectivity index (χ3v) is 3.36. The van der Waals surface area contributed by atoms with Crippen molar-refractivity contribution in [3.8, 4) is 0 Å². The van der Waals surface area contributed by atoms with Gasteiger partial charge in [0.25, 0.3) is 0 Å². The molecule has 1 aromatic carbocycles. The maximum atomic E-state index is 12.2. The molecule has 3 nitrogen and oxygen atoms in total. The van der Waals surface area contributed by atoms with Crippen molar-refractivity contribution < 1.29 is 4.79 Å². The number of amides is 1. The summed E-state index contributed by atoms with van der Waals surface area (Å²) in [4.78, 5) is 13.9. The van der Waals surface area contributed by atoms with Crippen LogP contribution in [0.3, 0.4) is 0 Å². The number of rotatable bonds is 2. The van der Waals surface area contributed by atoms with E-state index in [-0.39, 0.29) is 17.9 Å². The summed E-state index contributed by atoms with van der Waals surface area (Å²) in [5, 5.41) is 0. The maximum absolute atomic E-state index is 12.2. The minimum atomic E-state index is 0.00482. The molecular weight excluding hydrogens is 200 g/mol. The fourth-order valence-electron chi connectivity index (χ4n) is 2.32. The molecule has 0 saturated heterocycles. The fourth-order valence-corrected chi connectivity index (χ4v) is 2.32. The summed E-state index contributed by atoms with van der Waals surface area (Å²) in [5.74, 6) is 0.154. The molecule has 1 aliphatic carbocycles. The highest BCUT2D eigenvalue weighted by atomic mass is 16.2. The number of carbonyl (C=O) groups is 1. The van der Waals surface area contributed by atoms with E-state index in [0.29, 0.717) is 0 Å². The Balaban J connectivity index is 2.10. The number of hydrogen-bond donors (Lipinski definition) is 1. The van der Waals surface area contributed by atoms with E-state index in [1.54, 1.807) is 4.90 Å². The summed E-state index contributed by atoms with van der Waals surface area (Å²) in [7, 11) is 1.82. The van der Waals surface area contributed by atoms with Crippen molar-refractivity contribution in [2.24, 2.45) is 11.7 Å². The van der Waals surface area contributed by atoms with E-state index < -0.39 is 0 Å². The second kappa shape index (κ2) is 4.66. The molecule has 1 saturated carbocycles. The molecule has 1 amide bonds. The molecule has 0 aromatic heterocycles. The first-order valence-corrected chi connectivity index (χ1v) is 5.78. The van der Waals surface area contributed by atoms with Gasteiger partial charge >= 0.3 is 0 Å². The van der Waals surface area contributed by atoms with E-state index in [2.05, 4.69) is 0 Å². The zero-order valence-corrected chi connectivity index (χ0v) is 9.60. The second-order valence-corrected chi connectivity index (χ2v) is 4.43. The van der Waals surface area contributed by atoms with Crippen molar-refractivity contribution >= 4 is 11.6 Å². The van der Waals surface area contributed by atoms with Crippen LogP contribution in [-0.4, -0.2) is 19.0 Å². The Labute approximate surface area is 96.2 Å². The smallest absolute Gasteiger partial charge is 0.231 e. The summed E-state index contributed by atoms with van der Waals surface area (Å²) in [6.45, 7) is 0. The number of para-hydroxylation sites is 1. The molecule has 3 heteroatoms. The molecule has 0 bridgehead atoms. The van der Waals surface area contributed by atoms with Crippen LogP contribution in [0.2, 0.25) is 0 Å². The molecule has 1 aliphatic rings. The van der Waals surface area contributed by atoms with Crippen LogP contribution >= 0.6 is 0 Å². The van der Waals surface area contributed by atoms with Crippen molar-refractivity contribution in [1.29, 1.82) is 0 Å². The van der Waals surface area contributed by atoms with Gasteiger partial charge in [-0.1, -0.05) is 24.6 Å². The molecule has 86 valence electrons. The zero-order valence-electron chi connectivity index (χ0n) is 9.60. The number of nitrogens with two attached hydrogens (primary N) is 1. The Morgan fingerprint density at radius 2 is 2.00 bits per heavy atom. The topological polar surface area (TPSA) is 46.3 Å².